The SMILES string of the molecule is CO[C@H](C)[C@H](C)O[C@H]1C(O)[C@@H](CO[Si](c2ccccc2)(c2ccccc2)C(C)(C)C)O[C@H]1N(/C=C(/C)C(C)=O)C(C)=O. The Morgan fingerprint density at radius 1 is 0.976 bits per heavy atom. The topological polar surface area (TPSA) is 94.5 Å². The minimum absolute atomic E-state index is 0.0696. The predicted octanol–water partition coefficient (Wildman–Crippen LogP) is 3.80. The van der Waals surface area contributed by atoms with Gasteiger partial charge >= 0.3 is 0 Å². The highest BCUT2D eigenvalue weighted by Crippen LogP contribution is 2.38. The Hall–Kier alpha value is -2.66. The van der Waals surface area contributed by atoms with Crippen LogP contribution in [0.4, 0.5) is 0 Å². The van der Waals surface area contributed by atoms with Crippen LogP contribution in [0.25, 0.3) is 0 Å². The first kappa shape index (κ1) is 33.8. The molecule has 0 aliphatic carbocycles. The Bertz CT molecular complexity index is 1170. The lowest BCUT2D eigenvalue weighted by Gasteiger charge is -2.43. The van der Waals surface area contributed by atoms with Gasteiger partial charge in [-0.25, -0.2) is 0 Å². The lowest BCUT2D eigenvalue weighted by molar-refractivity contribution is -0.157. The fourth-order valence-electron chi connectivity index (χ4n) is 5.39. The molecule has 9 heteroatoms. The summed E-state index contributed by atoms with van der Waals surface area (Å²) < 4.78 is 25.2. The van der Waals surface area contributed by atoms with Crippen LogP contribution < -0.4 is 10.4 Å². The van der Waals surface area contributed by atoms with Crippen molar-refractivity contribution in [3.8, 4) is 0 Å². The zero-order valence-corrected chi connectivity index (χ0v) is 27.4. The zero-order chi connectivity index (χ0) is 31.2. The number of ether oxygens (including phenoxy) is 3. The van der Waals surface area contributed by atoms with Gasteiger partial charge in [0.05, 0.1) is 18.8 Å². The van der Waals surface area contributed by atoms with E-state index in [0.29, 0.717) is 5.57 Å². The van der Waals surface area contributed by atoms with Crippen LogP contribution in [0.2, 0.25) is 5.04 Å². The lowest BCUT2D eigenvalue weighted by Crippen LogP contribution is -2.67. The Balaban J connectivity index is 2.04. The Kier molecular flexibility index (Phi) is 11.4. The highest BCUT2D eigenvalue weighted by molar-refractivity contribution is 6.99. The van der Waals surface area contributed by atoms with Crippen molar-refractivity contribution in [3.05, 3.63) is 72.4 Å². The summed E-state index contributed by atoms with van der Waals surface area (Å²) in [6.07, 6.45) is -3.04. The van der Waals surface area contributed by atoms with Gasteiger partial charge in [0.1, 0.15) is 18.3 Å². The molecule has 0 saturated carbocycles. The molecule has 1 aliphatic heterocycles. The number of ketones is 1. The van der Waals surface area contributed by atoms with Crippen molar-refractivity contribution in [1.29, 1.82) is 0 Å². The molecule has 230 valence electrons. The molecule has 0 spiro atoms. The number of hydrogen-bond acceptors (Lipinski definition) is 7. The number of aliphatic hydroxyl groups excluding tert-OH is 1. The number of hydrogen-bond donors (Lipinski definition) is 1. The van der Waals surface area contributed by atoms with E-state index in [9.17, 15) is 14.7 Å². The Labute approximate surface area is 251 Å². The van der Waals surface area contributed by atoms with Crippen molar-refractivity contribution in [2.24, 2.45) is 0 Å². The fraction of sp³-hybridized carbons (Fsp3) is 0.515. The first-order valence-electron chi connectivity index (χ1n) is 14.5. The number of benzene rings is 2. The van der Waals surface area contributed by atoms with E-state index in [1.807, 2.05) is 50.2 Å². The molecule has 8 nitrogen and oxygen atoms in total. The van der Waals surface area contributed by atoms with Gasteiger partial charge in [0.25, 0.3) is 8.32 Å². The molecule has 1 saturated heterocycles. The first-order valence-corrected chi connectivity index (χ1v) is 16.4. The molecule has 0 bridgehead atoms. The number of methoxy groups -OCH3 is 1. The van der Waals surface area contributed by atoms with Crippen molar-refractivity contribution in [3.63, 3.8) is 0 Å². The minimum atomic E-state index is -2.93. The van der Waals surface area contributed by atoms with Gasteiger partial charge in [-0.2, -0.15) is 0 Å². The van der Waals surface area contributed by atoms with Crippen LogP contribution in [0.5, 0.6) is 0 Å². The van der Waals surface area contributed by atoms with Gasteiger partial charge in [-0.05, 0) is 43.1 Å². The molecule has 1 N–H and O–H groups in total. The smallest absolute Gasteiger partial charge is 0.261 e. The number of allylic oxidation sites excluding steroid dienone is 1. The van der Waals surface area contributed by atoms with E-state index in [1.165, 1.54) is 24.9 Å². The normalized spacial score (nSPS) is 23.0. The quantitative estimate of drug-likeness (QED) is 0.294. The van der Waals surface area contributed by atoms with Gasteiger partial charge in [0.15, 0.2) is 12.0 Å². The summed E-state index contributed by atoms with van der Waals surface area (Å²) in [7, 11) is -1.34. The third-order valence-electron chi connectivity index (χ3n) is 8.12. The highest BCUT2D eigenvalue weighted by atomic mass is 28.4. The Morgan fingerprint density at radius 2 is 1.50 bits per heavy atom. The van der Waals surface area contributed by atoms with Gasteiger partial charge in [0, 0.05) is 25.8 Å². The van der Waals surface area contributed by atoms with E-state index in [4.69, 9.17) is 18.6 Å². The summed E-state index contributed by atoms with van der Waals surface area (Å²) in [6.45, 7) is 14.8. The molecule has 0 radical (unpaired) electrons. The van der Waals surface area contributed by atoms with E-state index in [1.54, 1.807) is 14.0 Å². The summed E-state index contributed by atoms with van der Waals surface area (Å²) >= 11 is 0. The van der Waals surface area contributed by atoms with E-state index < -0.39 is 39.0 Å². The molecule has 3 rings (SSSR count). The Morgan fingerprint density at radius 3 is 1.93 bits per heavy atom. The molecule has 1 aliphatic rings. The van der Waals surface area contributed by atoms with Crippen molar-refractivity contribution in [1.82, 2.24) is 4.90 Å². The van der Waals surface area contributed by atoms with Crippen molar-refractivity contribution < 1.29 is 33.3 Å². The summed E-state index contributed by atoms with van der Waals surface area (Å²) in [5, 5.41) is 13.6. The van der Waals surface area contributed by atoms with E-state index >= 15 is 0 Å². The average Bonchev–Trinajstić information content (AvgIpc) is 3.25. The van der Waals surface area contributed by atoms with E-state index in [0.717, 1.165) is 10.4 Å². The number of carbonyl (C=O) groups is 2. The summed E-state index contributed by atoms with van der Waals surface area (Å²) in [5.74, 6) is -0.521. The van der Waals surface area contributed by atoms with Gasteiger partial charge in [-0.15, -0.1) is 0 Å². The van der Waals surface area contributed by atoms with Crippen molar-refractivity contribution >= 4 is 30.4 Å². The van der Waals surface area contributed by atoms with Gasteiger partial charge in [0.2, 0.25) is 5.91 Å². The maximum absolute atomic E-state index is 12.8. The standard InChI is InChI=1S/C33H47NO7Si/c1-22(23(2)35)20-34(26(5)36)32-31(40-25(4)24(3)38-9)30(37)29(41-32)21-39-42(33(6,7)8,27-16-12-10-13-17-27)28-18-14-11-15-19-28/h10-20,24-25,29-32,37H,21H2,1-9H3/b22-20-/t24-,25+,29-,30?,31+,32-/m1/s1. The lowest BCUT2D eigenvalue weighted by atomic mass is 10.1. The van der Waals surface area contributed by atoms with Crippen molar-refractivity contribution in [2.75, 3.05) is 13.7 Å². The number of Topliss-reactive ketones (excluding diaryl/α,β-unsaturated/α-hetero) is 1. The molecule has 1 unspecified atom stereocenters. The fourth-order valence-corrected chi connectivity index (χ4v) is 9.96. The second kappa shape index (κ2) is 14.2. The van der Waals surface area contributed by atoms with Crippen molar-refractivity contribution in [2.45, 2.75) is 97.2 Å². The maximum atomic E-state index is 12.8. The number of nitrogens with zero attached hydrogens (tertiary/aromatic N) is 1. The third-order valence-corrected chi connectivity index (χ3v) is 13.1. The molecule has 6 atom stereocenters. The monoisotopic (exact) mass is 597 g/mol. The zero-order valence-electron chi connectivity index (χ0n) is 26.4. The van der Waals surface area contributed by atoms with Crippen LogP contribution in [0.3, 0.4) is 0 Å². The third kappa shape index (κ3) is 7.27. The second-order valence-electron chi connectivity index (χ2n) is 12.1. The molecule has 2 aromatic carbocycles. The van der Waals surface area contributed by atoms with Crippen LogP contribution >= 0.6 is 0 Å². The minimum Gasteiger partial charge on any atom is -0.405 e. The number of amides is 1. The molecular weight excluding hydrogens is 550 g/mol. The first-order chi connectivity index (χ1) is 19.7. The molecule has 42 heavy (non-hydrogen) atoms. The molecule has 1 amide bonds. The molecule has 0 aromatic heterocycles. The van der Waals surface area contributed by atoms with Crippen LogP contribution in [-0.4, -0.2) is 80.5 Å². The van der Waals surface area contributed by atoms with Crippen LogP contribution in [0.15, 0.2) is 72.4 Å². The summed E-state index contributed by atoms with van der Waals surface area (Å²) in [5.41, 5.74) is 0.382. The maximum Gasteiger partial charge on any atom is 0.261 e. The van der Waals surface area contributed by atoms with Gasteiger partial charge in [-0.3, -0.25) is 14.5 Å². The number of rotatable bonds is 12. The summed E-state index contributed by atoms with van der Waals surface area (Å²) in [4.78, 5) is 26.2. The van der Waals surface area contributed by atoms with E-state index in [-0.39, 0.29) is 29.4 Å². The van der Waals surface area contributed by atoms with Gasteiger partial charge in [-0.1, -0.05) is 81.4 Å². The molecule has 2 aromatic rings. The van der Waals surface area contributed by atoms with Crippen LogP contribution in [0.1, 0.15) is 55.4 Å². The number of aliphatic hydroxyl groups is 1. The summed E-state index contributed by atoms with van der Waals surface area (Å²) in [6, 6.07) is 20.5. The second-order valence-corrected chi connectivity index (χ2v) is 16.4. The molecule has 1 heterocycles. The highest BCUT2D eigenvalue weighted by Gasteiger charge is 2.53. The van der Waals surface area contributed by atoms with Crippen LogP contribution in [-0.2, 0) is 28.2 Å². The van der Waals surface area contributed by atoms with E-state index in [2.05, 4.69) is 45.0 Å². The molecule has 1 fully saturated rings. The largest absolute Gasteiger partial charge is 0.405 e. The molecular formula is C33H47NO7Si. The van der Waals surface area contributed by atoms with Crippen LogP contribution in [0, 0.1) is 0 Å². The average molecular weight is 598 g/mol. The predicted molar refractivity (Wildman–Crippen MR) is 166 cm³/mol. The van der Waals surface area contributed by atoms with Gasteiger partial charge < -0.3 is 23.7 Å². The number of carbonyl (C=O) groups excluding carboxylic acids is 2.